The van der Waals surface area contributed by atoms with Crippen LogP contribution >= 0.6 is 0 Å². The Bertz CT molecular complexity index is 1640. The Morgan fingerprint density at radius 3 is 2.84 bits per heavy atom. The predicted octanol–water partition coefficient (Wildman–Crippen LogP) is 4.95. The maximum absolute atomic E-state index is 15.1. The Labute approximate surface area is 211 Å². The zero-order chi connectivity index (χ0) is 25.4. The van der Waals surface area contributed by atoms with Crippen molar-refractivity contribution in [1.82, 2.24) is 35.5 Å². The van der Waals surface area contributed by atoms with E-state index in [-0.39, 0.29) is 11.9 Å². The van der Waals surface area contributed by atoms with Crippen molar-refractivity contribution in [1.29, 1.82) is 0 Å². The molecule has 0 aliphatic carbocycles. The fourth-order valence-corrected chi connectivity index (χ4v) is 4.53. The van der Waals surface area contributed by atoms with Crippen molar-refractivity contribution in [3.8, 4) is 22.6 Å². The number of H-pyrrole nitrogens is 2. The summed E-state index contributed by atoms with van der Waals surface area (Å²) in [4.78, 5) is 28.5. The van der Waals surface area contributed by atoms with Gasteiger partial charge in [-0.2, -0.15) is 5.10 Å². The van der Waals surface area contributed by atoms with Crippen molar-refractivity contribution in [2.75, 3.05) is 5.32 Å². The number of fused-ring (bicyclic) bond motifs is 2. The molecular formula is C27H23FN8O. The molecule has 1 atom stereocenters. The lowest BCUT2D eigenvalue weighted by atomic mass is 10.0. The van der Waals surface area contributed by atoms with E-state index in [9.17, 15) is 4.79 Å². The molecule has 0 radical (unpaired) electrons. The molecule has 5 heterocycles. The van der Waals surface area contributed by atoms with Gasteiger partial charge in [0.05, 0.1) is 34.8 Å². The second kappa shape index (κ2) is 9.30. The number of hydrogen-bond acceptors (Lipinski definition) is 6. The molecule has 9 nitrogen and oxygen atoms in total. The Kier molecular flexibility index (Phi) is 5.68. The van der Waals surface area contributed by atoms with E-state index < -0.39 is 5.82 Å². The van der Waals surface area contributed by atoms with Crippen LogP contribution in [0.25, 0.3) is 39.6 Å². The third kappa shape index (κ3) is 4.22. The Morgan fingerprint density at radius 1 is 1.14 bits per heavy atom. The van der Waals surface area contributed by atoms with E-state index in [1.54, 1.807) is 36.9 Å². The second-order valence-electron chi connectivity index (χ2n) is 8.81. The lowest BCUT2D eigenvalue weighted by molar-refractivity contribution is -0.116. The molecule has 4 aromatic heterocycles. The number of imidazole rings is 1. The Hall–Kier alpha value is -4.86. The van der Waals surface area contributed by atoms with Gasteiger partial charge >= 0.3 is 0 Å². The quantitative estimate of drug-likeness (QED) is 0.265. The predicted molar refractivity (Wildman–Crippen MR) is 139 cm³/mol. The summed E-state index contributed by atoms with van der Waals surface area (Å²) >= 11 is 0. The van der Waals surface area contributed by atoms with Crippen LogP contribution in [-0.2, 0) is 4.79 Å². The highest BCUT2D eigenvalue weighted by molar-refractivity contribution is 5.95. The molecule has 184 valence electrons. The van der Waals surface area contributed by atoms with Crippen LogP contribution in [0.3, 0.4) is 0 Å². The number of halogens is 1. The number of rotatable bonds is 6. The lowest BCUT2D eigenvalue weighted by Gasteiger charge is -2.20. The number of pyridine rings is 2. The van der Waals surface area contributed by atoms with Crippen LogP contribution in [0.1, 0.15) is 42.8 Å². The van der Waals surface area contributed by atoms with Crippen LogP contribution in [0.5, 0.6) is 0 Å². The van der Waals surface area contributed by atoms with E-state index >= 15 is 4.39 Å². The minimum atomic E-state index is -0.426. The maximum atomic E-state index is 15.1. The van der Waals surface area contributed by atoms with E-state index in [1.165, 1.54) is 6.07 Å². The van der Waals surface area contributed by atoms with Crippen molar-refractivity contribution >= 4 is 28.6 Å². The number of carbonyl (C=O) groups excluding carboxylic acids is 1. The number of anilines is 1. The molecule has 1 unspecified atom stereocenters. The molecule has 1 aliphatic rings. The average molecular weight is 495 g/mol. The van der Waals surface area contributed by atoms with Crippen molar-refractivity contribution in [2.24, 2.45) is 0 Å². The van der Waals surface area contributed by atoms with Crippen LogP contribution in [0.15, 0.2) is 61.3 Å². The third-order valence-corrected chi connectivity index (χ3v) is 6.28. The molecule has 5 aromatic rings. The normalized spacial score (nSPS) is 14.4. The highest BCUT2D eigenvalue weighted by atomic mass is 19.1. The van der Waals surface area contributed by atoms with Crippen LogP contribution < -0.4 is 10.6 Å². The molecule has 0 fully saturated rings. The summed E-state index contributed by atoms with van der Waals surface area (Å²) in [5.74, 6) is 0.0370. The zero-order valence-corrected chi connectivity index (χ0v) is 19.9. The molecule has 0 saturated heterocycles. The Balaban J connectivity index is 1.39. The number of hydrogen-bond donors (Lipinski definition) is 4. The van der Waals surface area contributed by atoms with Crippen molar-refractivity contribution < 1.29 is 9.18 Å². The molecular weight excluding hydrogens is 471 g/mol. The van der Waals surface area contributed by atoms with Gasteiger partial charge in [-0.15, -0.1) is 0 Å². The highest BCUT2D eigenvalue weighted by Crippen LogP contribution is 2.34. The third-order valence-electron chi connectivity index (χ3n) is 6.28. The first-order valence-electron chi connectivity index (χ1n) is 12.0. The number of aromatic nitrogens is 6. The van der Waals surface area contributed by atoms with Gasteiger partial charge in [-0.3, -0.25) is 19.9 Å². The van der Waals surface area contributed by atoms with Gasteiger partial charge in [0, 0.05) is 47.6 Å². The van der Waals surface area contributed by atoms with Gasteiger partial charge in [0.1, 0.15) is 11.5 Å². The van der Waals surface area contributed by atoms with Crippen LogP contribution in [0.4, 0.5) is 10.1 Å². The smallest absolute Gasteiger partial charge is 0.224 e. The van der Waals surface area contributed by atoms with Crippen LogP contribution in [0, 0.1) is 5.82 Å². The first kappa shape index (κ1) is 22.6. The molecule has 1 aliphatic heterocycles. The van der Waals surface area contributed by atoms with Gasteiger partial charge in [-0.25, -0.2) is 9.37 Å². The summed E-state index contributed by atoms with van der Waals surface area (Å²) in [6.07, 6.45) is 11.5. The van der Waals surface area contributed by atoms with E-state index in [4.69, 9.17) is 4.98 Å². The fraction of sp³-hybridized carbons (Fsp3) is 0.148. The monoisotopic (exact) mass is 494 g/mol. The van der Waals surface area contributed by atoms with Gasteiger partial charge in [-0.05, 0) is 48.5 Å². The van der Waals surface area contributed by atoms with E-state index in [2.05, 4.69) is 35.8 Å². The van der Waals surface area contributed by atoms with Gasteiger partial charge < -0.3 is 15.6 Å². The molecule has 6 rings (SSSR count). The summed E-state index contributed by atoms with van der Waals surface area (Å²) in [7, 11) is 0. The second-order valence-corrected chi connectivity index (χ2v) is 8.81. The Morgan fingerprint density at radius 2 is 2.00 bits per heavy atom. The highest BCUT2D eigenvalue weighted by Gasteiger charge is 2.24. The van der Waals surface area contributed by atoms with Gasteiger partial charge in [0.2, 0.25) is 5.91 Å². The summed E-state index contributed by atoms with van der Waals surface area (Å²) in [6.45, 7) is 1.93. The number of nitrogens with one attached hydrogen (secondary N) is 4. The summed E-state index contributed by atoms with van der Waals surface area (Å²) in [5, 5.41) is 14.2. The van der Waals surface area contributed by atoms with Crippen molar-refractivity contribution in [3.63, 3.8) is 0 Å². The van der Waals surface area contributed by atoms with Crippen molar-refractivity contribution in [3.05, 3.63) is 84.1 Å². The standard InChI is InChI=1S/C27H23FN8O/c1-2-3-23(37)32-17-10-16(13-30-14-17)18-11-19-22(12-20(18)28)35-36-25(19)27-33-21-6-9-31-24(26(21)34-27)15-4-7-29-8-5-15/h4-14,24,31H,2-3H2,1H3,(H,32,37)(H,33,34)(H,35,36). The number of amides is 1. The molecule has 0 bridgehead atoms. The number of aromatic amines is 2. The average Bonchev–Trinajstić information content (AvgIpc) is 3.52. The summed E-state index contributed by atoms with van der Waals surface area (Å²) in [6, 6.07) is 8.65. The van der Waals surface area contributed by atoms with Crippen LogP contribution in [0.2, 0.25) is 0 Å². The minimum Gasteiger partial charge on any atom is -0.379 e. The van der Waals surface area contributed by atoms with Crippen molar-refractivity contribution in [2.45, 2.75) is 25.8 Å². The molecule has 0 spiro atoms. The van der Waals surface area contributed by atoms with E-state index in [1.807, 2.05) is 31.3 Å². The first-order chi connectivity index (χ1) is 18.1. The lowest BCUT2D eigenvalue weighted by Crippen LogP contribution is -2.20. The molecule has 10 heteroatoms. The molecule has 0 saturated carbocycles. The van der Waals surface area contributed by atoms with Gasteiger partial charge in [0.15, 0.2) is 5.82 Å². The molecule has 4 N–H and O–H groups in total. The molecule has 1 aromatic carbocycles. The first-order valence-corrected chi connectivity index (χ1v) is 12.0. The van der Waals surface area contributed by atoms with Gasteiger partial charge in [-0.1, -0.05) is 6.92 Å². The molecule has 37 heavy (non-hydrogen) atoms. The summed E-state index contributed by atoms with van der Waals surface area (Å²) < 4.78 is 15.1. The largest absolute Gasteiger partial charge is 0.379 e. The van der Waals surface area contributed by atoms with E-state index in [0.717, 1.165) is 23.4 Å². The number of carbonyl (C=O) groups is 1. The van der Waals surface area contributed by atoms with E-state index in [0.29, 0.717) is 45.7 Å². The zero-order valence-electron chi connectivity index (χ0n) is 19.9. The maximum Gasteiger partial charge on any atom is 0.224 e. The van der Waals surface area contributed by atoms with Crippen LogP contribution in [-0.4, -0.2) is 36.0 Å². The summed E-state index contributed by atoms with van der Waals surface area (Å²) in [5.41, 5.74) is 5.29. The topological polar surface area (TPSA) is 124 Å². The fourth-order valence-electron chi connectivity index (χ4n) is 4.53. The molecule has 1 amide bonds. The number of benzene rings is 1. The minimum absolute atomic E-state index is 0.107. The SMILES string of the molecule is CCCC(=O)Nc1cncc(-c2cc3c(-c4nc5c([nH]4)C(c4ccncc4)NC=C5)n[nH]c3cc2F)c1. The van der Waals surface area contributed by atoms with Gasteiger partial charge in [0.25, 0.3) is 0 Å². The number of nitrogens with zero attached hydrogens (tertiary/aromatic N) is 4.